The van der Waals surface area contributed by atoms with Gasteiger partial charge in [0, 0.05) is 49.0 Å². The number of imidazole rings is 1. The Balaban J connectivity index is 0.00000261. The SMILES string of the molecule is CN=C(NCCCCn1ccnc1C)NCC1(c2ccccc2Br)CC1.I. The van der Waals surface area contributed by atoms with E-state index >= 15 is 0 Å². The molecule has 0 unspecified atom stereocenters. The minimum atomic E-state index is 0. The fourth-order valence-electron chi connectivity index (χ4n) is 3.31. The summed E-state index contributed by atoms with van der Waals surface area (Å²) in [6.45, 7) is 4.91. The van der Waals surface area contributed by atoms with Crippen LogP contribution in [0.15, 0.2) is 46.1 Å². The van der Waals surface area contributed by atoms with Gasteiger partial charge in [0.1, 0.15) is 5.82 Å². The predicted molar refractivity (Wildman–Crippen MR) is 126 cm³/mol. The second-order valence-corrected chi connectivity index (χ2v) is 7.84. The minimum Gasteiger partial charge on any atom is -0.356 e. The van der Waals surface area contributed by atoms with Gasteiger partial charge in [-0.05, 0) is 44.2 Å². The number of aryl methyl sites for hydroxylation is 2. The molecule has 0 saturated heterocycles. The maximum atomic E-state index is 4.36. The second-order valence-electron chi connectivity index (χ2n) is 6.99. The third-order valence-corrected chi connectivity index (χ3v) is 5.85. The molecular weight excluding hydrogens is 517 g/mol. The molecule has 0 aliphatic heterocycles. The van der Waals surface area contributed by atoms with E-state index in [-0.39, 0.29) is 29.4 Å². The number of nitrogens with one attached hydrogen (secondary N) is 2. The molecule has 0 atom stereocenters. The van der Waals surface area contributed by atoms with Gasteiger partial charge < -0.3 is 15.2 Å². The Morgan fingerprint density at radius 2 is 2.04 bits per heavy atom. The summed E-state index contributed by atoms with van der Waals surface area (Å²) >= 11 is 3.70. The van der Waals surface area contributed by atoms with Gasteiger partial charge >= 0.3 is 0 Å². The van der Waals surface area contributed by atoms with Crippen molar-refractivity contribution in [3.63, 3.8) is 0 Å². The van der Waals surface area contributed by atoms with Crippen LogP contribution in [0.2, 0.25) is 0 Å². The minimum absolute atomic E-state index is 0. The van der Waals surface area contributed by atoms with Gasteiger partial charge in [0.15, 0.2) is 5.96 Å². The zero-order chi connectivity index (χ0) is 18.4. The standard InChI is InChI=1S/C20H28BrN5.HI/c1-16-23-12-14-26(16)13-6-5-11-24-19(22-2)25-15-20(9-10-20)17-7-3-4-8-18(17)21;/h3-4,7-8,12,14H,5-6,9-11,13,15H2,1-2H3,(H2,22,24,25);1H. The van der Waals surface area contributed by atoms with Crippen LogP contribution in [0.25, 0.3) is 0 Å². The molecule has 2 N–H and O–H groups in total. The molecule has 1 heterocycles. The average molecular weight is 546 g/mol. The highest BCUT2D eigenvalue weighted by atomic mass is 127. The molecule has 1 aromatic heterocycles. The first-order valence-electron chi connectivity index (χ1n) is 9.32. The zero-order valence-corrected chi connectivity index (χ0v) is 20.0. The Morgan fingerprint density at radius 1 is 1.26 bits per heavy atom. The average Bonchev–Trinajstić information content (AvgIpc) is 3.33. The third-order valence-electron chi connectivity index (χ3n) is 5.16. The van der Waals surface area contributed by atoms with Crippen molar-refractivity contribution in [1.29, 1.82) is 0 Å². The molecule has 7 heteroatoms. The van der Waals surface area contributed by atoms with E-state index in [1.165, 1.54) is 22.9 Å². The Hall–Kier alpha value is -1.09. The van der Waals surface area contributed by atoms with Crippen molar-refractivity contribution < 1.29 is 0 Å². The zero-order valence-electron chi connectivity index (χ0n) is 16.0. The summed E-state index contributed by atoms with van der Waals surface area (Å²) < 4.78 is 3.40. The first kappa shape index (κ1) is 22.2. The molecule has 0 amide bonds. The Labute approximate surface area is 187 Å². The highest BCUT2D eigenvalue weighted by Gasteiger charge is 2.45. The first-order chi connectivity index (χ1) is 12.6. The maximum Gasteiger partial charge on any atom is 0.191 e. The van der Waals surface area contributed by atoms with Gasteiger partial charge in [0.2, 0.25) is 0 Å². The lowest BCUT2D eigenvalue weighted by molar-refractivity contribution is 0.584. The van der Waals surface area contributed by atoms with Crippen molar-refractivity contribution in [2.45, 2.75) is 44.6 Å². The van der Waals surface area contributed by atoms with Crippen molar-refractivity contribution in [3.8, 4) is 0 Å². The maximum absolute atomic E-state index is 4.36. The lowest BCUT2D eigenvalue weighted by atomic mass is 9.96. The van der Waals surface area contributed by atoms with E-state index < -0.39 is 0 Å². The topological polar surface area (TPSA) is 54.2 Å². The fourth-order valence-corrected chi connectivity index (χ4v) is 4.02. The van der Waals surface area contributed by atoms with E-state index in [2.05, 4.69) is 65.4 Å². The molecule has 1 aromatic carbocycles. The van der Waals surface area contributed by atoms with Crippen LogP contribution in [-0.2, 0) is 12.0 Å². The van der Waals surface area contributed by atoms with E-state index in [1.54, 1.807) is 0 Å². The number of hydrogen-bond acceptors (Lipinski definition) is 2. The number of halogens is 2. The number of guanidine groups is 1. The lowest BCUT2D eigenvalue weighted by Crippen LogP contribution is -2.41. The number of benzene rings is 1. The van der Waals surface area contributed by atoms with Gasteiger partial charge in [-0.15, -0.1) is 24.0 Å². The Morgan fingerprint density at radius 3 is 2.67 bits per heavy atom. The molecule has 2 aromatic rings. The highest BCUT2D eigenvalue weighted by molar-refractivity contribution is 14.0. The van der Waals surface area contributed by atoms with Gasteiger partial charge in [-0.3, -0.25) is 4.99 Å². The number of rotatable bonds is 8. The third kappa shape index (κ3) is 5.94. The van der Waals surface area contributed by atoms with Crippen molar-refractivity contribution in [2.24, 2.45) is 4.99 Å². The van der Waals surface area contributed by atoms with Crippen LogP contribution in [-0.4, -0.2) is 35.6 Å². The van der Waals surface area contributed by atoms with E-state index in [0.717, 1.165) is 44.3 Å². The summed E-state index contributed by atoms with van der Waals surface area (Å²) in [4.78, 5) is 8.62. The van der Waals surface area contributed by atoms with E-state index in [1.807, 2.05) is 26.4 Å². The Bertz CT molecular complexity index is 754. The van der Waals surface area contributed by atoms with E-state index in [0.29, 0.717) is 0 Å². The molecule has 0 spiro atoms. The van der Waals surface area contributed by atoms with Crippen LogP contribution in [0.3, 0.4) is 0 Å². The molecule has 3 rings (SSSR count). The molecule has 0 radical (unpaired) electrons. The smallest absolute Gasteiger partial charge is 0.191 e. The monoisotopic (exact) mass is 545 g/mol. The van der Waals surface area contributed by atoms with Crippen LogP contribution in [0.1, 0.15) is 37.1 Å². The van der Waals surface area contributed by atoms with Gasteiger partial charge in [-0.1, -0.05) is 34.1 Å². The van der Waals surface area contributed by atoms with Gasteiger partial charge in [-0.2, -0.15) is 0 Å². The fraction of sp³-hybridized carbons (Fsp3) is 0.500. The van der Waals surface area contributed by atoms with E-state index in [9.17, 15) is 0 Å². The molecule has 1 aliphatic rings. The van der Waals surface area contributed by atoms with Gasteiger partial charge in [-0.25, -0.2) is 4.98 Å². The molecule has 148 valence electrons. The number of aromatic nitrogens is 2. The summed E-state index contributed by atoms with van der Waals surface area (Å²) in [7, 11) is 1.84. The summed E-state index contributed by atoms with van der Waals surface area (Å²) in [6.07, 6.45) is 8.59. The van der Waals surface area contributed by atoms with Gasteiger partial charge in [0.25, 0.3) is 0 Å². The molecule has 1 fully saturated rings. The highest BCUT2D eigenvalue weighted by Crippen LogP contribution is 2.49. The lowest BCUT2D eigenvalue weighted by Gasteiger charge is -2.20. The molecule has 1 aliphatic carbocycles. The molecule has 1 saturated carbocycles. The van der Waals surface area contributed by atoms with Crippen LogP contribution >= 0.6 is 39.9 Å². The summed E-state index contributed by atoms with van der Waals surface area (Å²) in [6, 6.07) is 8.55. The largest absolute Gasteiger partial charge is 0.356 e. The van der Waals surface area contributed by atoms with Crippen molar-refractivity contribution in [3.05, 3.63) is 52.5 Å². The number of hydrogen-bond donors (Lipinski definition) is 2. The molecular formula is C20H29BrIN5. The van der Waals surface area contributed by atoms with E-state index in [4.69, 9.17) is 0 Å². The van der Waals surface area contributed by atoms with Gasteiger partial charge in [0.05, 0.1) is 0 Å². The normalized spacial score (nSPS) is 15.1. The van der Waals surface area contributed by atoms with Crippen molar-refractivity contribution >= 4 is 45.9 Å². The quantitative estimate of drug-likeness (QED) is 0.226. The summed E-state index contributed by atoms with van der Waals surface area (Å²) in [5.41, 5.74) is 1.65. The molecule has 5 nitrogen and oxygen atoms in total. The number of unbranched alkanes of at least 4 members (excludes halogenated alkanes) is 1. The second kappa shape index (κ2) is 10.5. The van der Waals surface area contributed by atoms with Crippen LogP contribution in [0, 0.1) is 6.92 Å². The summed E-state index contributed by atoms with van der Waals surface area (Å²) in [5.74, 6) is 1.97. The first-order valence-corrected chi connectivity index (χ1v) is 10.1. The van der Waals surface area contributed by atoms with Crippen molar-refractivity contribution in [2.75, 3.05) is 20.1 Å². The van der Waals surface area contributed by atoms with Crippen molar-refractivity contribution in [1.82, 2.24) is 20.2 Å². The molecule has 27 heavy (non-hydrogen) atoms. The predicted octanol–water partition coefficient (Wildman–Crippen LogP) is 4.25. The van der Waals surface area contributed by atoms with Crippen LogP contribution in [0.5, 0.6) is 0 Å². The number of aliphatic imine (C=N–C) groups is 1. The van der Waals surface area contributed by atoms with Crippen LogP contribution < -0.4 is 10.6 Å². The number of nitrogens with zero attached hydrogens (tertiary/aromatic N) is 3. The summed E-state index contributed by atoms with van der Waals surface area (Å²) in [5, 5.41) is 6.95. The van der Waals surface area contributed by atoms with Crippen LogP contribution in [0.4, 0.5) is 0 Å². The Kier molecular flexibility index (Phi) is 8.60. The molecule has 0 bridgehead atoms.